The van der Waals surface area contributed by atoms with Crippen LogP contribution in [-0.2, 0) is 0 Å². The van der Waals surface area contributed by atoms with Gasteiger partial charge in [0.25, 0.3) is 0 Å². The van der Waals surface area contributed by atoms with Crippen molar-refractivity contribution in [2.24, 2.45) is 0 Å². The van der Waals surface area contributed by atoms with Crippen LogP contribution in [0.5, 0.6) is 11.5 Å². The van der Waals surface area contributed by atoms with E-state index in [9.17, 15) is 5.26 Å². The minimum absolute atomic E-state index is 0.129. The number of aromatic nitrogens is 1. The minimum Gasteiger partial charge on any atom is -0.497 e. The van der Waals surface area contributed by atoms with E-state index in [4.69, 9.17) is 26.8 Å². The SMILES string of the molecule is COc1ccc(OC)c(-c2cc(-c3ccccc3Cl)c(C#N)c(N)n2)c1. The van der Waals surface area contributed by atoms with E-state index >= 15 is 0 Å². The van der Waals surface area contributed by atoms with Crippen molar-refractivity contribution < 1.29 is 9.47 Å². The summed E-state index contributed by atoms with van der Waals surface area (Å²) >= 11 is 6.33. The summed E-state index contributed by atoms with van der Waals surface area (Å²) in [6, 6.07) is 16.6. The highest BCUT2D eigenvalue weighted by Crippen LogP contribution is 2.38. The van der Waals surface area contributed by atoms with Crippen LogP contribution in [0, 0.1) is 11.3 Å². The first-order valence-electron chi connectivity index (χ1n) is 7.77. The number of benzene rings is 2. The average molecular weight is 366 g/mol. The van der Waals surface area contributed by atoms with E-state index in [0.29, 0.717) is 38.9 Å². The van der Waals surface area contributed by atoms with Crippen LogP contribution in [0.2, 0.25) is 5.02 Å². The van der Waals surface area contributed by atoms with Gasteiger partial charge in [-0.15, -0.1) is 0 Å². The molecule has 2 N–H and O–H groups in total. The zero-order chi connectivity index (χ0) is 18.7. The van der Waals surface area contributed by atoms with Gasteiger partial charge in [-0.25, -0.2) is 4.98 Å². The van der Waals surface area contributed by atoms with Gasteiger partial charge < -0.3 is 15.2 Å². The van der Waals surface area contributed by atoms with Gasteiger partial charge in [0.2, 0.25) is 0 Å². The summed E-state index contributed by atoms with van der Waals surface area (Å²) in [5.74, 6) is 1.40. The van der Waals surface area contributed by atoms with Gasteiger partial charge in [0, 0.05) is 21.7 Å². The number of ether oxygens (including phenoxy) is 2. The minimum atomic E-state index is 0.129. The molecule has 2 aromatic carbocycles. The van der Waals surface area contributed by atoms with Crippen LogP contribution in [-0.4, -0.2) is 19.2 Å². The molecule has 6 heteroatoms. The summed E-state index contributed by atoms with van der Waals surface area (Å²) in [5.41, 5.74) is 8.95. The topological polar surface area (TPSA) is 81.2 Å². The Balaban J connectivity index is 2.30. The molecule has 1 heterocycles. The van der Waals surface area contributed by atoms with E-state index in [1.165, 1.54) is 0 Å². The van der Waals surface area contributed by atoms with Gasteiger partial charge in [-0.3, -0.25) is 0 Å². The monoisotopic (exact) mass is 365 g/mol. The average Bonchev–Trinajstić information content (AvgIpc) is 2.67. The number of halogens is 1. The Hall–Kier alpha value is -3.23. The number of nitrogen functional groups attached to an aromatic ring is 1. The molecule has 0 aliphatic heterocycles. The van der Waals surface area contributed by atoms with Gasteiger partial charge in [-0.2, -0.15) is 5.26 Å². The highest BCUT2D eigenvalue weighted by molar-refractivity contribution is 6.33. The smallest absolute Gasteiger partial charge is 0.142 e. The molecule has 130 valence electrons. The van der Waals surface area contributed by atoms with Crippen molar-refractivity contribution >= 4 is 17.4 Å². The van der Waals surface area contributed by atoms with Crippen LogP contribution in [0.1, 0.15) is 5.56 Å². The molecule has 0 saturated heterocycles. The molecule has 0 saturated carbocycles. The Morgan fingerprint density at radius 1 is 1.00 bits per heavy atom. The molecule has 0 aliphatic rings. The van der Waals surface area contributed by atoms with Gasteiger partial charge in [-0.1, -0.05) is 29.8 Å². The lowest BCUT2D eigenvalue weighted by molar-refractivity contribution is 0.404. The summed E-state index contributed by atoms with van der Waals surface area (Å²) in [6.07, 6.45) is 0. The van der Waals surface area contributed by atoms with Gasteiger partial charge in [0.1, 0.15) is 28.9 Å². The third-order valence-corrected chi connectivity index (χ3v) is 4.34. The first-order valence-corrected chi connectivity index (χ1v) is 8.14. The summed E-state index contributed by atoms with van der Waals surface area (Å²) in [7, 11) is 3.16. The molecule has 5 nitrogen and oxygen atoms in total. The van der Waals surface area contributed by atoms with E-state index in [2.05, 4.69) is 11.1 Å². The Morgan fingerprint density at radius 2 is 1.77 bits per heavy atom. The van der Waals surface area contributed by atoms with Crippen LogP contribution in [0.3, 0.4) is 0 Å². The van der Waals surface area contributed by atoms with Crippen molar-refractivity contribution in [1.82, 2.24) is 4.98 Å². The highest BCUT2D eigenvalue weighted by Gasteiger charge is 2.17. The number of anilines is 1. The standard InChI is InChI=1S/C20H16ClN3O2/c1-25-12-7-8-19(26-2)15(9-12)18-10-14(16(11-22)20(23)24-18)13-5-3-4-6-17(13)21/h3-10H,1-2H3,(H2,23,24). The van der Waals surface area contributed by atoms with Crippen LogP contribution >= 0.6 is 11.6 Å². The zero-order valence-corrected chi connectivity index (χ0v) is 15.0. The number of nitriles is 1. The van der Waals surface area contributed by atoms with Gasteiger partial charge in [0.15, 0.2) is 0 Å². The molecule has 0 radical (unpaired) electrons. The predicted octanol–water partition coefficient (Wildman–Crippen LogP) is 4.54. The number of methoxy groups -OCH3 is 2. The molecule has 0 aliphatic carbocycles. The van der Waals surface area contributed by atoms with E-state index in [1.54, 1.807) is 38.5 Å². The largest absolute Gasteiger partial charge is 0.497 e. The Bertz CT molecular complexity index is 1010. The van der Waals surface area contributed by atoms with Gasteiger partial charge in [0.05, 0.1) is 19.9 Å². The first kappa shape index (κ1) is 17.6. The van der Waals surface area contributed by atoms with Crippen LogP contribution < -0.4 is 15.2 Å². The quantitative estimate of drug-likeness (QED) is 0.734. The Labute approximate surface area is 156 Å². The molecule has 0 bridgehead atoms. The molecule has 0 unspecified atom stereocenters. The van der Waals surface area contributed by atoms with Crippen molar-refractivity contribution in [1.29, 1.82) is 5.26 Å². The summed E-state index contributed by atoms with van der Waals surface area (Å²) < 4.78 is 10.7. The lowest BCUT2D eigenvalue weighted by atomic mass is 9.98. The number of rotatable bonds is 4. The maximum atomic E-state index is 9.54. The number of nitrogens with two attached hydrogens (primary N) is 1. The Morgan fingerprint density at radius 3 is 2.42 bits per heavy atom. The van der Waals surface area contributed by atoms with Crippen molar-refractivity contribution in [3.8, 4) is 40.0 Å². The summed E-state index contributed by atoms with van der Waals surface area (Å²) in [5, 5.41) is 10.1. The molecule has 3 rings (SSSR count). The van der Waals surface area contributed by atoms with Crippen molar-refractivity contribution in [2.75, 3.05) is 20.0 Å². The molecule has 26 heavy (non-hydrogen) atoms. The second kappa shape index (κ2) is 7.34. The number of hydrogen-bond donors (Lipinski definition) is 1. The molecule has 1 aromatic heterocycles. The fourth-order valence-electron chi connectivity index (χ4n) is 2.73. The van der Waals surface area contributed by atoms with Gasteiger partial charge >= 0.3 is 0 Å². The highest BCUT2D eigenvalue weighted by atomic mass is 35.5. The molecular formula is C20H16ClN3O2. The van der Waals surface area contributed by atoms with Crippen molar-refractivity contribution in [2.45, 2.75) is 0 Å². The molecule has 0 spiro atoms. The number of nitrogens with zero attached hydrogens (tertiary/aromatic N) is 2. The van der Waals surface area contributed by atoms with Crippen LogP contribution in [0.15, 0.2) is 48.5 Å². The fraction of sp³-hybridized carbons (Fsp3) is 0.100. The molecule has 3 aromatic rings. The fourth-order valence-corrected chi connectivity index (χ4v) is 2.96. The second-order valence-electron chi connectivity index (χ2n) is 5.47. The maximum Gasteiger partial charge on any atom is 0.142 e. The Kier molecular flexibility index (Phi) is 4.97. The van der Waals surface area contributed by atoms with E-state index in [0.717, 1.165) is 0 Å². The maximum absolute atomic E-state index is 9.54. The number of hydrogen-bond acceptors (Lipinski definition) is 5. The third kappa shape index (κ3) is 3.15. The van der Waals surface area contributed by atoms with Crippen LogP contribution in [0.25, 0.3) is 22.4 Å². The second-order valence-corrected chi connectivity index (χ2v) is 5.88. The van der Waals surface area contributed by atoms with E-state index in [1.807, 2.05) is 24.3 Å². The van der Waals surface area contributed by atoms with Gasteiger partial charge in [-0.05, 0) is 30.3 Å². The zero-order valence-electron chi connectivity index (χ0n) is 14.3. The summed E-state index contributed by atoms with van der Waals surface area (Å²) in [6.45, 7) is 0. The normalized spacial score (nSPS) is 10.2. The molecular weight excluding hydrogens is 350 g/mol. The third-order valence-electron chi connectivity index (χ3n) is 4.01. The number of pyridine rings is 1. The van der Waals surface area contributed by atoms with Crippen molar-refractivity contribution in [3.63, 3.8) is 0 Å². The first-order chi connectivity index (χ1) is 12.6. The molecule has 0 amide bonds. The van der Waals surface area contributed by atoms with E-state index in [-0.39, 0.29) is 11.4 Å². The molecule has 0 atom stereocenters. The van der Waals surface area contributed by atoms with Crippen LogP contribution in [0.4, 0.5) is 5.82 Å². The van der Waals surface area contributed by atoms with E-state index < -0.39 is 0 Å². The van der Waals surface area contributed by atoms with Crippen molar-refractivity contribution in [3.05, 3.63) is 59.1 Å². The predicted molar refractivity (Wildman–Crippen MR) is 102 cm³/mol. The lowest BCUT2D eigenvalue weighted by Gasteiger charge is -2.14. The summed E-state index contributed by atoms with van der Waals surface area (Å²) in [4.78, 5) is 4.39. The lowest BCUT2D eigenvalue weighted by Crippen LogP contribution is -2.01. The molecule has 0 fully saturated rings.